The number of ether oxygens (including phenoxy) is 1. The maximum atomic E-state index is 12.8. The van der Waals surface area contributed by atoms with Crippen LogP contribution in [-0.4, -0.2) is 37.8 Å². The molecule has 0 bridgehead atoms. The highest BCUT2D eigenvalue weighted by Gasteiger charge is 2.19. The van der Waals surface area contributed by atoms with Crippen LogP contribution in [0.1, 0.15) is 16.1 Å². The second-order valence-electron chi connectivity index (χ2n) is 7.08. The molecule has 9 heteroatoms. The molecule has 0 aliphatic rings. The molecule has 9 nitrogen and oxygen atoms in total. The van der Waals surface area contributed by atoms with Crippen molar-refractivity contribution in [3.8, 4) is 17.1 Å². The van der Waals surface area contributed by atoms with Crippen LogP contribution in [0.2, 0.25) is 0 Å². The molecule has 162 valence electrons. The van der Waals surface area contributed by atoms with Crippen molar-refractivity contribution in [1.82, 2.24) is 19.3 Å². The highest BCUT2D eigenvalue weighted by Crippen LogP contribution is 2.16. The Hall–Kier alpha value is -4.40. The number of rotatable bonds is 6. The van der Waals surface area contributed by atoms with Gasteiger partial charge in [0.2, 0.25) is 0 Å². The van der Waals surface area contributed by atoms with E-state index in [2.05, 4.69) is 15.3 Å². The van der Waals surface area contributed by atoms with E-state index in [0.29, 0.717) is 22.8 Å². The van der Waals surface area contributed by atoms with Gasteiger partial charge in [0.1, 0.15) is 11.5 Å². The van der Waals surface area contributed by atoms with Gasteiger partial charge in [0.05, 0.1) is 16.9 Å². The largest absolute Gasteiger partial charge is 0.452 e. The fourth-order valence-electron chi connectivity index (χ4n) is 3.29. The number of nitrogens with one attached hydrogen (secondary N) is 2. The standard InChI is InChI=1S/C23H21N5O4/c1-15-20(22(30)28(27(15)2)18-6-4-3-5-7-18)26-19(29)14-32-23(31)17-10-8-16(9-11-17)21-24-12-13-25-21/h3-13H,14H2,1-2H3,(H,24,25)(H,26,29). The summed E-state index contributed by atoms with van der Waals surface area (Å²) in [4.78, 5) is 44.6. The van der Waals surface area contributed by atoms with Crippen LogP contribution in [0.5, 0.6) is 0 Å². The number of nitrogens with zero attached hydrogens (tertiary/aromatic N) is 3. The van der Waals surface area contributed by atoms with E-state index in [1.165, 1.54) is 4.68 Å². The summed E-state index contributed by atoms with van der Waals surface area (Å²) in [6.07, 6.45) is 3.35. The van der Waals surface area contributed by atoms with E-state index in [4.69, 9.17) is 4.74 Å². The average molecular weight is 431 g/mol. The van der Waals surface area contributed by atoms with Gasteiger partial charge in [-0.15, -0.1) is 0 Å². The van der Waals surface area contributed by atoms with E-state index in [0.717, 1.165) is 5.56 Å². The zero-order chi connectivity index (χ0) is 22.7. The molecule has 2 aromatic heterocycles. The lowest BCUT2D eigenvalue weighted by Gasteiger charge is -2.07. The number of hydrogen-bond acceptors (Lipinski definition) is 5. The first kappa shape index (κ1) is 20.9. The molecule has 0 spiro atoms. The number of esters is 1. The van der Waals surface area contributed by atoms with E-state index in [1.54, 1.807) is 67.4 Å². The minimum Gasteiger partial charge on any atom is -0.452 e. The molecule has 2 N–H and O–H groups in total. The van der Waals surface area contributed by atoms with Crippen LogP contribution in [0, 0.1) is 6.92 Å². The first-order chi connectivity index (χ1) is 15.5. The summed E-state index contributed by atoms with van der Waals surface area (Å²) in [6.45, 7) is 1.21. The van der Waals surface area contributed by atoms with E-state index in [9.17, 15) is 14.4 Å². The van der Waals surface area contributed by atoms with Crippen LogP contribution >= 0.6 is 0 Å². The lowest BCUT2D eigenvalue weighted by Crippen LogP contribution is -2.25. The zero-order valence-corrected chi connectivity index (χ0v) is 17.5. The van der Waals surface area contributed by atoms with Crippen molar-refractivity contribution >= 4 is 17.6 Å². The lowest BCUT2D eigenvalue weighted by atomic mass is 10.1. The van der Waals surface area contributed by atoms with Gasteiger partial charge < -0.3 is 15.0 Å². The third-order valence-corrected chi connectivity index (χ3v) is 5.05. The molecule has 1 amide bonds. The van der Waals surface area contributed by atoms with Crippen molar-refractivity contribution in [2.45, 2.75) is 6.92 Å². The Balaban J connectivity index is 1.41. The summed E-state index contributed by atoms with van der Waals surface area (Å²) in [6, 6.07) is 15.7. The molecular formula is C23H21N5O4. The average Bonchev–Trinajstić information content (AvgIpc) is 3.42. The van der Waals surface area contributed by atoms with Crippen LogP contribution in [0.25, 0.3) is 17.1 Å². The second-order valence-corrected chi connectivity index (χ2v) is 7.08. The molecule has 0 atom stereocenters. The van der Waals surface area contributed by atoms with Gasteiger partial charge >= 0.3 is 5.97 Å². The van der Waals surface area contributed by atoms with E-state index in [1.807, 2.05) is 18.2 Å². The van der Waals surface area contributed by atoms with E-state index >= 15 is 0 Å². The van der Waals surface area contributed by atoms with Crippen LogP contribution in [-0.2, 0) is 16.6 Å². The number of benzene rings is 2. The van der Waals surface area contributed by atoms with Gasteiger partial charge in [-0.1, -0.05) is 30.3 Å². The number of imidazole rings is 1. The van der Waals surface area contributed by atoms with E-state index in [-0.39, 0.29) is 11.2 Å². The molecule has 0 aliphatic carbocycles. The van der Waals surface area contributed by atoms with Crippen molar-refractivity contribution in [3.63, 3.8) is 0 Å². The molecule has 0 unspecified atom stereocenters. The number of carbonyl (C=O) groups excluding carboxylic acids is 2. The third kappa shape index (κ3) is 4.08. The van der Waals surface area contributed by atoms with E-state index < -0.39 is 18.5 Å². The molecule has 32 heavy (non-hydrogen) atoms. The Kier molecular flexibility index (Phi) is 5.71. The molecule has 4 aromatic rings. The number of H-pyrrole nitrogens is 1. The second kappa shape index (κ2) is 8.76. The Morgan fingerprint density at radius 1 is 1.09 bits per heavy atom. The normalized spacial score (nSPS) is 10.7. The summed E-state index contributed by atoms with van der Waals surface area (Å²) < 4.78 is 8.21. The highest BCUT2D eigenvalue weighted by atomic mass is 16.5. The van der Waals surface area contributed by atoms with Gasteiger partial charge in [0.15, 0.2) is 6.61 Å². The maximum absolute atomic E-state index is 12.8. The van der Waals surface area contributed by atoms with Gasteiger partial charge in [-0.05, 0) is 31.2 Å². The van der Waals surface area contributed by atoms with Gasteiger partial charge in [-0.2, -0.15) is 0 Å². The minimum atomic E-state index is -0.641. The number of amides is 1. The summed E-state index contributed by atoms with van der Waals surface area (Å²) >= 11 is 0. The van der Waals surface area contributed by atoms with Crippen LogP contribution < -0.4 is 10.9 Å². The Bertz CT molecular complexity index is 1300. The Morgan fingerprint density at radius 2 is 1.81 bits per heavy atom. The molecule has 4 rings (SSSR count). The number of aromatic amines is 1. The Labute approximate surface area is 183 Å². The number of carbonyl (C=O) groups is 2. The fraction of sp³-hybridized carbons (Fsp3) is 0.130. The fourth-order valence-corrected chi connectivity index (χ4v) is 3.29. The predicted octanol–water partition coefficient (Wildman–Crippen LogP) is 2.67. The molecular weight excluding hydrogens is 410 g/mol. The summed E-state index contributed by atoms with van der Waals surface area (Å²) in [5, 5.41) is 2.56. The summed E-state index contributed by atoms with van der Waals surface area (Å²) in [5.74, 6) is -0.558. The molecule has 0 aliphatic heterocycles. The molecule has 0 fully saturated rings. The smallest absolute Gasteiger partial charge is 0.338 e. The van der Waals surface area contributed by atoms with Gasteiger partial charge in [-0.3, -0.25) is 14.3 Å². The molecule has 0 radical (unpaired) electrons. The molecule has 2 heterocycles. The highest BCUT2D eigenvalue weighted by molar-refractivity contribution is 5.95. The molecule has 0 saturated heterocycles. The third-order valence-electron chi connectivity index (χ3n) is 5.05. The van der Waals surface area contributed by atoms with Crippen molar-refractivity contribution in [1.29, 1.82) is 0 Å². The number of para-hydroxylation sites is 1. The summed E-state index contributed by atoms with van der Waals surface area (Å²) in [7, 11) is 1.73. The van der Waals surface area contributed by atoms with Crippen LogP contribution in [0.4, 0.5) is 5.69 Å². The first-order valence-corrected chi connectivity index (χ1v) is 9.86. The first-order valence-electron chi connectivity index (χ1n) is 9.86. The molecule has 2 aromatic carbocycles. The van der Waals surface area contributed by atoms with Gasteiger partial charge in [-0.25, -0.2) is 14.5 Å². The molecule has 0 saturated carbocycles. The maximum Gasteiger partial charge on any atom is 0.338 e. The summed E-state index contributed by atoms with van der Waals surface area (Å²) in [5.41, 5.74) is 2.14. The monoisotopic (exact) mass is 431 g/mol. The zero-order valence-electron chi connectivity index (χ0n) is 17.5. The van der Waals surface area contributed by atoms with Crippen molar-refractivity contribution in [3.05, 3.63) is 88.6 Å². The predicted molar refractivity (Wildman–Crippen MR) is 119 cm³/mol. The quantitative estimate of drug-likeness (QED) is 0.456. The van der Waals surface area contributed by atoms with Crippen LogP contribution in [0.15, 0.2) is 71.8 Å². The number of hydrogen-bond donors (Lipinski definition) is 2. The van der Waals surface area contributed by atoms with Gasteiger partial charge in [0.25, 0.3) is 11.5 Å². The lowest BCUT2D eigenvalue weighted by molar-refractivity contribution is -0.119. The topological polar surface area (TPSA) is 111 Å². The van der Waals surface area contributed by atoms with Crippen molar-refractivity contribution in [2.75, 3.05) is 11.9 Å². The minimum absolute atomic E-state index is 0.139. The number of aromatic nitrogens is 4. The SMILES string of the molecule is Cc1c(NC(=O)COC(=O)c2ccc(-c3ncc[nH]3)cc2)c(=O)n(-c2ccccc2)n1C. The number of anilines is 1. The van der Waals surface area contributed by atoms with Crippen molar-refractivity contribution in [2.24, 2.45) is 7.05 Å². The van der Waals surface area contributed by atoms with Crippen LogP contribution in [0.3, 0.4) is 0 Å². The Morgan fingerprint density at radius 3 is 2.47 bits per heavy atom. The van der Waals surface area contributed by atoms with Gasteiger partial charge in [0, 0.05) is 25.0 Å². The van der Waals surface area contributed by atoms with Crippen molar-refractivity contribution < 1.29 is 14.3 Å².